The van der Waals surface area contributed by atoms with E-state index in [-0.39, 0.29) is 0 Å². The Bertz CT molecular complexity index is 572. The molecule has 0 aliphatic heterocycles. The van der Waals surface area contributed by atoms with Crippen LogP contribution in [0.25, 0.3) is 0 Å². The Morgan fingerprint density at radius 2 is 1.80 bits per heavy atom. The van der Waals surface area contributed by atoms with Crippen LogP contribution in [0.3, 0.4) is 0 Å². The highest BCUT2D eigenvalue weighted by atomic mass is 79.9. The fourth-order valence-electron chi connectivity index (χ4n) is 2.53. The van der Waals surface area contributed by atoms with Crippen LogP contribution in [-0.4, -0.2) is 0 Å². The molecule has 1 N–H and O–H groups in total. The summed E-state index contributed by atoms with van der Waals surface area (Å²) in [6.07, 6.45) is 2.74. The van der Waals surface area contributed by atoms with E-state index in [0.717, 1.165) is 12.5 Å². The largest absolute Gasteiger partial charge is 0.306 e. The number of benzene rings is 2. The Morgan fingerprint density at radius 3 is 2.45 bits per heavy atom. The fraction of sp³-hybridized carbons (Fsp3) is 0.333. The molecule has 104 valence electrons. The lowest BCUT2D eigenvalue weighted by atomic mass is 10.1. The molecular weight excluding hydrogens is 310 g/mol. The first kappa shape index (κ1) is 13.8. The molecule has 1 aliphatic rings. The van der Waals surface area contributed by atoms with Gasteiger partial charge in [0.25, 0.3) is 0 Å². The van der Waals surface area contributed by atoms with E-state index in [4.69, 9.17) is 0 Å². The molecule has 1 saturated carbocycles. The summed E-state index contributed by atoms with van der Waals surface area (Å²) in [7, 11) is 0. The lowest BCUT2D eigenvalue weighted by molar-refractivity contribution is 0.573. The number of halogens is 1. The standard InChI is InChI=1S/C18H20BrN/c1-13(17-4-2-3-5-18(17)19)20-12-14-6-8-15(9-7-14)16-10-11-16/h2-9,13,16,20H,10-12H2,1H3. The van der Waals surface area contributed by atoms with Crippen molar-refractivity contribution in [3.05, 3.63) is 69.7 Å². The van der Waals surface area contributed by atoms with Gasteiger partial charge in [-0.1, -0.05) is 58.4 Å². The van der Waals surface area contributed by atoms with Gasteiger partial charge in [0.1, 0.15) is 0 Å². The Labute approximate surface area is 129 Å². The van der Waals surface area contributed by atoms with Crippen LogP contribution in [0.5, 0.6) is 0 Å². The molecule has 0 aromatic heterocycles. The second-order valence-electron chi connectivity index (χ2n) is 5.64. The zero-order chi connectivity index (χ0) is 13.9. The second-order valence-corrected chi connectivity index (χ2v) is 6.49. The highest BCUT2D eigenvalue weighted by molar-refractivity contribution is 9.10. The van der Waals surface area contributed by atoms with Crippen molar-refractivity contribution >= 4 is 15.9 Å². The third-order valence-corrected chi connectivity index (χ3v) is 4.73. The Hall–Kier alpha value is -1.12. The van der Waals surface area contributed by atoms with Crippen LogP contribution in [0.2, 0.25) is 0 Å². The minimum Gasteiger partial charge on any atom is -0.306 e. The monoisotopic (exact) mass is 329 g/mol. The molecule has 1 atom stereocenters. The van der Waals surface area contributed by atoms with Crippen LogP contribution in [0, 0.1) is 0 Å². The van der Waals surface area contributed by atoms with Gasteiger partial charge in [0.05, 0.1) is 0 Å². The van der Waals surface area contributed by atoms with Crippen molar-refractivity contribution in [3.8, 4) is 0 Å². The van der Waals surface area contributed by atoms with Crippen molar-refractivity contribution in [2.24, 2.45) is 0 Å². The zero-order valence-corrected chi connectivity index (χ0v) is 13.4. The smallest absolute Gasteiger partial charge is 0.0306 e. The summed E-state index contributed by atoms with van der Waals surface area (Å²) in [5.74, 6) is 0.844. The third kappa shape index (κ3) is 3.31. The van der Waals surface area contributed by atoms with Gasteiger partial charge in [0.2, 0.25) is 0 Å². The van der Waals surface area contributed by atoms with Crippen LogP contribution in [0.4, 0.5) is 0 Å². The van der Waals surface area contributed by atoms with Gasteiger partial charge in [0.15, 0.2) is 0 Å². The maximum atomic E-state index is 3.62. The highest BCUT2D eigenvalue weighted by Crippen LogP contribution is 2.39. The summed E-state index contributed by atoms with van der Waals surface area (Å²) in [5, 5.41) is 3.59. The molecule has 1 aliphatic carbocycles. The van der Waals surface area contributed by atoms with E-state index >= 15 is 0 Å². The molecular formula is C18H20BrN. The molecule has 20 heavy (non-hydrogen) atoms. The van der Waals surface area contributed by atoms with E-state index in [1.165, 1.54) is 34.0 Å². The van der Waals surface area contributed by atoms with Crippen molar-refractivity contribution < 1.29 is 0 Å². The van der Waals surface area contributed by atoms with Crippen LogP contribution in [0.1, 0.15) is 48.4 Å². The zero-order valence-electron chi connectivity index (χ0n) is 11.8. The molecule has 1 nitrogen and oxygen atoms in total. The van der Waals surface area contributed by atoms with Crippen LogP contribution >= 0.6 is 15.9 Å². The molecule has 0 bridgehead atoms. The first-order valence-electron chi connectivity index (χ1n) is 7.30. The van der Waals surface area contributed by atoms with Gasteiger partial charge >= 0.3 is 0 Å². The summed E-state index contributed by atoms with van der Waals surface area (Å²) >= 11 is 3.62. The average Bonchev–Trinajstić information content (AvgIpc) is 3.30. The minimum atomic E-state index is 0.341. The lowest BCUT2D eigenvalue weighted by Crippen LogP contribution is -2.18. The van der Waals surface area contributed by atoms with Gasteiger partial charge in [-0.15, -0.1) is 0 Å². The number of hydrogen-bond donors (Lipinski definition) is 1. The van der Waals surface area contributed by atoms with E-state index in [1.54, 1.807) is 0 Å². The van der Waals surface area contributed by atoms with Gasteiger partial charge in [-0.2, -0.15) is 0 Å². The molecule has 0 radical (unpaired) electrons. The van der Waals surface area contributed by atoms with Gasteiger partial charge < -0.3 is 5.32 Å². The minimum absolute atomic E-state index is 0.341. The quantitative estimate of drug-likeness (QED) is 0.797. The molecule has 2 aromatic rings. The second kappa shape index (κ2) is 6.11. The van der Waals surface area contributed by atoms with Crippen LogP contribution in [-0.2, 0) is 6.54 Å². The van der Waals surface area contributed by atoms with Gasteiger partial charge in [-0.25, -0.2) is 0 Å². The normalized spacial score (nSPS) is 16.1. The molecule has 1 unspecified atom stereocenters. The molecule has 3 rings (SSSR count). The van der Waals surface area contributed by atoms with Crippen molar-refractivity contribution in [3.63, 3.8) is 0 Å². The number of rotatable bonds is 5. The van der Waals surface area contributed by atoms with E-state index < -0.39 is 0 Å². The average molecular weight is 330 g/mol. The van der Waals surface area contributed by atoms with Crippen molar-refractivity contribution in [1.29, 1.82) is 0 Å². The molecule has 0 spiro atoms. The highest BCUT2D eigenvalue weighted by Gasteiger charge is 2.22. The predicted octanol–water partition coefficient (Wildman–Crippen LogP) is 5.18. The van der Waals surface area contributed by atoms with Crippen molar-refractivity contribution in [2.45, 2.75) is 38.3 Å². The SMILES string of the molecule is CC(NCc1ccc(C2CC2)cc1)c1ccccc1Br. The Balaban J connectivity index is 1.59. The van der Waals surface area contributed by atoms with E-state index in [2.05, 4.69) is 76.7 Å². The van der Waals surface area contributed by atoms with E-state index in [9.17, 15) is 0 Å². The maximum Gasteiger partial charge on any atom is 0.0306 e. The van der Waals surface area contributed by atoms with E-state index in [0.29, 0.717) is 6.04 Å². The fourth-order valence-corrected chi connectivity index (χ4v) is 3.16. The van der Waals surface area contributed by atoms with Gasteiger partial charge in [0, 0.05) is 17.1 Å². The van der Waals surface area contributed by atoms with Crippen LogP contribution in [0.15, 0.2) is 53.0 Å². The van der Waals surface area contributed by atoms with E-state index in [1.807, 2.05) is 0 Å². The molecule has 2 aromatic carbocycles. The predicted molar refractivity (Wildman–Crippen MR) is 87.8 cm³/mol. The molecule has 0 amide bonds. The van der Waals surface area contributed by atoms with Crippen LogP contribution < -0.4 is 5.32 Å². The number of hydrogen-bond acceptors (Lipinski definition) is 1. The maximum absolute atomic E-state index is 3.62. The summed E-state index contributed by atoms with van der Waals surface area (Å²) < 4.78 is 1.17. The Morgan fingerprint density at radius 1 is 1.10 bits per heavy atom. The van der Waals surface area contributed by atoms with Gasteiger partial charge in [-0.05, 0) is 48.4 Å². The molecule has 0 heterocycles. The summed E-state index contributed by atoms with van der Waals surface area (Å²) in [4.78, 5) is 0. The lowest BCUT2D eigenvalue weighted by Gasteiger charge is -2.16. The Kier molecular flexibility index (Phi) is 4.23. The summed E-state index contributed by atoms with van der Waals surface area (Å²) in [6, 6.07) is 17.8. The molecule has 1 fully saturated rings. The van der Waals surface area contributed by atoms with Gasteiger partial charge in [-0.3, -0.25) is 0 Å². The molecule has 0 saturated heterocycles. The molecule has 2 heteroatoms. The topological polar surface area (TPSA) is 12.0 Å². The first-order chi connectivity index (χ1) is 9.74. The van der Waals surface area contributed by atoms with Crippen molar-refractivity contribution in [2.75, 3.05) is 0 Å². The van der Waals surface area contributed by atoms with Crippen molar-refractivity contribution in [1.82, 2.24) is 5.32 Å². The summed E-state index contributed by atoms with van der Waals surface area (Å²) in [5.41, 5.74) is 4.17. The first-order valence-corrected chi connectivity index (χ1v) is 8.10. The number of nitrogens with one attached hydrogen (secondary N) is 1. The summed E-state index contributed by atoms with van der Waals surface area (Å²) in [6.45, 7) is 3.12. The third-order valence-electron chi connectivity index (χ3n) is 4.01.